The maximum Gasteiger partial charge on any atom is 0.0195 e. The van der Waals surface area contributed by atoms with E-state index in [2.05, 4.69) is 24.1 Å². The highest BCUT2D eigenvalue weighted by Crippen LogP contribution is 2.37. The highest BCUT2D eigenvalue weighted by Gasteiger charge is 2.38. The van der Waals surface area contributed by atoms with Crippen molar-refractivity contribution in [2.75, 3.05) is 13.1 Å². The van der Waals surface area contributed by atoms with E-state index in [-0.39, 0.29) is 0 Å². The first-order valence-electron chi connectivity index (χ1n) is 8.21. The standard InChI is InChI=1S/C16H30N2/c1-12-8-13(2)10-16(9-12)18(15-5-6-15)11-14-4-3-7-17-14/h12-17H,3-11H2,1-2H3. The van der Waals surface area contributed by atoms with Gasteiger partial charge in [0.15, 0.2) is 0 Å². The van der Waals surface area contributed by atoms with Crippen LogP contribution in [0.1, 0.15) is 58.8 Å². The first-order valence-corrected chi connectivity index (χ1v) is 8.21. The molecular weight excluding hydrogens is 220 g/mol. The minimum absolute atomic E-state index is 0.790. The van der Waals surface area contributed by atoms with Gasteiger partial charge in [-0.05, 0) is 63.3 Å². The van der Waals surface area contributed by atoms with Crippen molar-refractivity contribution in [1.82, 2.24) is 10.2 Å². The topological polar surface area (TPSA) is 15.3 Å². The van der Waals surface area contributed by atoms with Gasteiger partial charge in [-0.2, -0.15) is 0 Å². The number of hydrogen-bond acceptors (Lipinski definition) is 2. The van der Waals surface area contributed by atoms with Gasteiger partial charge in [-0.15, -0.1) is 0 Å². The second-order valence-electron chi connectivity index (χ2n) is 7.29. The molecule has 0 radical (unpaired) electrons. The van der Waals surface area contributed by atoms with Crippen LogP contribution in [0, 0.1) is 11.8 Å². The molecule has 3 unspecified atom stereocenters. The lowest BCUT2D eigenvalue weighted by atomic mass is 9.79. The third kappa shape index (κ3) is 3.08. The molecule has 0 aromatic heterocycles. The van der Waals surface area contributed by atoms with Crippen LogP contribution in [0.4, 0.5) is 0 Å². The Labute approximate surface area is 113 Å². The second-order valence-corrected chi connectivity index (χ2v) is 7.29. The lowest BCUT2D eigenvalue weighted by Crippen LogP contribution is -2.47. The van der Waals surface area contributed by atoms with E-state index in [1.54, 1.807) is 0 Å². The summed E-state index contributed by atoms with van der Waals surface area (Å²) < 4.78 is 0. The van der Waals surface area contributed by atoms with E-state index in [1.165, 1.54) is 58.0 Å². The molecule has 1 aliphatic heterocycles. The van der Waals surface area contributed by atoms with Crippen molar-refractivity contribution in [3.63, 3.8) is 0 Å². The van der Waals surface area contributed by atoms with Crippen LogP contribution in [0.15, 0.2) is 0 Å². The largest absolute Gasteiger partial charge is 0.313 e. The molecule has 0 spiro atoms. The highest BCUT2D eigenvalue weighted by molar-refractivity contribution is 4.94. The summed E-state index contributed by atoms with van der Waals surface area (Å²) in [5, 5.41) is 3.69. The Morgan fingerprint density at radius 2 is 1.67 bits per heavy atom. The molecule has 104 valence electrons. The van der Waals surface area contributed by atoms with E-state index < -0.39 is 0 Å². The summed E-state index contributed by atoms with van der Waals surface area (Å²) in [6.07, 6.45) is 10.1. The summed E-state index contributed by atoms with van der Waals surface area (Å²) in [5.74, 6) is 1.88. The maximum absolute atomic E-state index is 3.69. The monoisotopic (exact) mass is 250 g/mol. The van der Waals surface area contributed by atoms with Gasteiger partial charge in [-0.3, -0.25) is 4.90 Å². The van der Waals surface area contributed by atoms with E-state index in [1.807, 2.05) is 0 Å². The quantitative estimate of drug-likeness (QED) is 0.825. The van der Waals surface area contributed by atoms with Gasteiger partial charge in [0.05, 0.1) is 0 Å². The van der Waals surface area contributed by atoms with Gasteiger partial charge in [0.25, 0.3) is 0 Å². The predicted octanol–water partition coefficient (Wildman–Crippen LogP) is 3.03. The molecule has 18 heavy (non-hydrogen) atoms. The Balaban J connectivity index is 1.61. The van der Waals surface area contributed by atoms with Crippen molar-refractivity contribution >= 4 is 0 Å². The number of hydrogen-bond donors (Lipinski definition) is 1. The predicted molar refractivity (Wildman–Crippen MR) is 76.7 cm³/mol. The average molecular weight is 250 g/mol. The molecule has 3 fully saturated rings. The third-order valence-electron chi connectivity index (χ3n) is 5.23. The van der Waals surface area contributed by atoms with Crippen LogP contribution in [-0.2, 0) is 0 Å². The summed E-state index contributed by atoms with van der Waals surface area (Å²) in [6.45, 7) is 7.50. The smallest absolute Gasteiger partial charge is 0.0195 e. The normalized spacial score (nSPS) is 41.5. The number of nitrogens with zero attached hydrogens (tertiary/aromatic N) is 1. The number of nitrogens with one attached hydrogen (secondary N) is 1. The summed E-state index contributed by atoms with van der Waals surface area (Å²) in [5.41, 5.74) is 0. The van der Waals surface area contributed by atoms with Crippen LogP contribution < -0.4 is 5.32 Å². The Kier molecular flexibility index (Phi) is 3.95. The lowest BCUT2D eigenvalue weighted by molar-refractivity contribution is 0.0944. The molecule has 2 nitrogen and oxygen atoms in total. The van der Waals surface area contributed by atoms with E-state index in [4.69, 9.17) is 0 Å². The van der Waals surface area contributed by atoms with Gasteiger partial charge in [-0.1, -0.05) is 13.8 Å². The molecule has 2 aliphatic carbocycles. The summed E-state index contributed by atoms with van der Waals surface area (Å²) in [4.78, 5) is 2.90. The first kappa shape index (κ1) is 12.9. The Morgan fingerprint density at radius 3 is 2.22 bits per heavy atom. The van der Waals surface area contributed by atoms with Crippen molar-refractivity contribution < 1.29 is 0 Å². The Bertz CT molecular complexity index is 258. The molecule has 2 heteroatoms. The molecule has 1 N–H and O–H groups in total. The minimum atomic E-state index is 0.790. The van der Waals surface area contributed by atoms with E-state index in [9.17, 15) is 0 Å². The minimum Gasteiger partial charge on any atom is -0.313 e. The van der Waals surface area contributed by atoms with Gasteiger partial charge in [0.1, 0.15) is 0 Å². The summed E-state index contributed by atoms with van der Waals surface area (Å²) >= 11 is 0. The van der Waals surface area contributed by atoms with Crippen molar-refractivity contribution in [3.05, 3.63) is 0 Å². The first-order chi connectivity index (χ1) is 8.72. The van der Waals surface area contributed by atoms with Crippen molar-refractivity contribution in [3.8, 4) is 0 Å². The fraction of sp³-hybridized carbons (Fsp3) is 1.00. The average Bonchev–Trinajstić information content (AvgIpc) is 3.02. The second kappa shape index (κ2) is 5.50. The fourth-order valence-corrected chi connectivity index (χ4v) is 4.34. The fourth-order valence-electron chi connectivity index (χ4n) is 4.34. The van der Waals surface area contributed by atoms with Crippen LogP contribution >= 0.6 is 0 Å². The zero-order valence-corrected chi connectivity index (χ0v) is 12.2. The zero-order valence-electron chi connectivity index (χ0n) is 12.2. The molecule has 1 saturated heterocycles. The maximum atomic E-state index is 3.69. The molecule has 2 saturated carbocycles. The van der Waals surface area contributed by atoms with Gasteiger partial charge in [-0.25, -0.2) is 0 Å². The van der Waals surface area contributed by atoms with Crippen molar-refractivity contribution in [1.29, 1.82) is 0 Å². The molecule has 1 heterocycles. The van der Waals surface area contributed by atoms with E-state index in [0.717, 1.165) is 30.0 Å². The molecule has 0 aromatic carbocycles. The molecule has 0 bridgehead atoms. The molecule has 3 atom stereocenters. The molecule has 3 rings (SSSR count). The van der Waals surface area contributed by atoms with Gasteiger partial charge < -0.3 is 5.32 Å². The van der Waals surface area contributed by atoms with Crippen LogP contribution in [0.2, 0.25) is 0 Å². The molecule has 3 aliphatic rings. The lowest BCUT2D eigenvalue weighted by Gasteiger charge is -2.40. The molecular formula is C16H30N2. The Morgan fingerprint density at radius 1 is 0.944 bits per heavy atom. The van der Waals surface area contributed by atoms with Crippen LogP contribution in [0.5, 0.6) is 0 Å². The Hall–Kier alpha value is -0.0800. The SMILES string of the molecule is CC1CC(C)CC(N(CC2CCCN2)C2CC2)C1. The number of rotatable bonds is 4. The van der Waals surface area contributed by atoms with Gasteiger partial charge in [0, 0.05) is 24.7 Å². The van der Waals surface area contributed by atoms with Crippen molar-refractivity contribution in [2.24, 2.45) is 11.8 Å². The van der Waals surface area contributed by atoms with E-state index in [0.29, 0.717) is 0 Å². The highest BCUT2D eigenvalue weighted by atomic mass is 15.2. The third-order valence-corrected chi connectivity index (χ3v) is 5.23. The van der Waals surface area contributed by atoms with Gasteiger partial charge in [0.2, 0.25) is 0 Å². The van der Waals surface area contributed by atoms with Gasteiger partial charge >= 0.3 is 0 Å². The summed E-state index contributed by atoms with van der Waals surface area (Å²) in [6, 6.07) is 2.62. The van der Waals surface area contributed by atoms with Crippen LogP contribution in [0.25, 0.3) is 0 Å². The van der Waals surface area contributed by atoms with Crippen molar-refractivity contribution in [2.45, 2.75) is 76.9 Å². The van der Waals surface area contributed by atoms with E-state index >= 15 is 0 Å². The molecule has 0 amide bonds. The zero-order chi connectivity index (χ0) is 12.5. The van der Waals surface area contributed by atoms with Crippen LogP contribution in [0.3, 0.4) is 0 Å². The van der Waals surface area contributed by atoms with Crippen LogP contribution in [-0.4, -0.2) is 36.1 Å². The molecule has 0 aromatic rings. The summed E-state index contributed by atoms with van der Waals surface area (Å²) in [7, 11) is 0.